The van der Waals surface area contributed by atoms with Gasteiger partial charge in [0.1, 0.15) is 28.6 Å². The molecule has 0 aliphatic heterocycles. The first-order valence-electron chi connectivity index (χ1n) is 14.1. The van der Waals surface area contributed by atoms with Gasteiger partial charge in [-0.05, 0) is 69.1 Å². The fourth-order valence-electron chi connectivity index (χ4n) is 5.95. The van der Waals surface area contributed by atoms with E-state index in [0.717, 1.165) is 25.5 Å². The van der Waals surface area contributed by atoms with Crippen molar-refractivity contribution in [3.63, 3.8) is 0 Å². The Labute approximate surface area is 230 Å². The van der Waals surface area contributed by atoms with Crippen LogP contribution in [-0.2, 0) is 0 Å². The normalized spacial score (nSPS) is 18.6. The van der Waals surface area contributed by atoms with Crippen LogP contribution in [0.1, 0.15) is 94.7 Å². The van der Waals surface area contributed by atoms with E-state index in [0.29, 0.717) is 42.9 Å². The lowest BCUT2D eigenvalue weighted by molar-refractivity contribution is 0.0938. The molecule has 0 radical (unpaired) electrons. The lowest BCUT2D eigenvalue weighted by atomic mass is 9.82. The molecule has 0 amide bonds. The highest BCUT2D eigenvalue weighted by Gasteiger charge is 2.29. The highest BCUT2D eigenvalue weighted by atomic mass is 19.1. The number of halogens is 2. The van der Waals surface area contributed by atoms with Gasteiger partial charge in [-0.2, -0.15) is 0 Å². The summed E-state index contributed by atoms with van der Waals surface area (Å²) in [5.41, 5.74) is 0.0858. The van der Waals surface area contributed by atoms with Crippen LogP contribution < -0.4 is 11.2 Å². The number of pyridine rings is 2. The molecule has 1 fully saturated rings. The van der Waals surface area contributed by atoms with E-state index in [9.17, 15) is 23.2 Å². The largest absolute Gasteiger partial charge is 0.333 e. The standard InChI is InChI=1S/C30H35F2N5O3/c1-18(2)5-4-6-19(3)36-28-24(14-22(32)15-33-28)29(39)37(30(36)40)23-10-7-20(8-11-23)13-26(38)25-17-35-16-21(31)9-12-27(35)34-25/h9,12,14-20,23H,4-8,10-11,13H2,1-3H3. The third kappa shape index (κ3) is 5.62. The van der Waals surface area contributed by atoms with E-state index < -0.39 is 22.9 Å². The molecule has 1 aliphatic rings. The van der Waals surface area contributed by atoms with Gasteiger partial charge >= 0.3 is 5.69 Å². The molecule has 0 spiro atoms. The zero-order valence-electron chi connectivity index (χ0n) is 23.1. The van der Waals surface area contributed by atoms with Gasteiger partial charge in [0, 0.05) is 30.9 Å². The molecular weight excluding hydrogens is 516 g/mol. The van der Waals surface area contributed by atoms with E-state index in [1.807, 2.05) is 6.92 Å². The number of fused-ring (bicyclic) bond motifs is 2. The van der Waals surface area contributed by atoms with Gasteiger partial charge in [-0.1, -0.05) is 26.7 Å². The highest BCUT2D eigenvalue weighted by molar-refractivity contribution is 5.94. The zero-order valence-corrected chi connectivity index (χ0v) is 23.1. The monoisotopic (exact) mass is 551 g/mol. The van der Waals surface area contributed by atoms with Crippen molar-refractivity contribution >= 4 is 22.5 Å². The molecular formula is C30H35F2N5O3. The average Bonchev–Trinajstić information content (AvgIpc) is 3.33. The molecule has 4 aromatic rings. The molecule has 0 aromatic carbocycles. The number of Topliss-reactive ketones (excluding diaryl/α,β-unsaturated/α-hetero) is 1. The highest BCUT2D eigenvalue weighted by Crippen LogP contribution is 2.34. The molecule has 4 heterocycles. The third-order valence-corrected chi connectivity index (χ3v) is 8.12. The lowest BCUT2D eigenvalue weighted by Crippen LogP contribution is -2.44. The number of imidazole rings is 1. The molecule has 8 nitrogen and oxygen atoms in total. The molecule has 1 atom stereocenters. The number of nitrogens with zero attached hydrogens (tertiary/aromatic N) is 5. The number of hydrogen-bond acceptors (Lipinski definition) is 5. The molecule has 0 bridgehead atoms. The summed E-state index contributed by atoms with van der Waals surface area (Å²) < 4.78 is 32.0. The van der Waals surface area contributed by atoms with Gasteiger partial charge in [-0.25, -0.2) is 23.5 Å². The number of carbonyl (C=O) groups excluding carboxylic acids is 1. The maximum Gasteiger partial charge on any atom is 0.333 e. The Bertz CT molecular complexity index is 1660. The summed E-state index contributed by atoms with van der Waals surface area (Å²) in [6.07, 6.45) is 9.28. The van der Waals surface area contributed by atoms with Crippen LogP contribution in [0, 0.1) is 23.5 Å². The van der Waals surface area contributed by atoms with Crippen molar-refractivity contribution in [1.29, 1.82) is 0 Å². The smallest absolute Gasteiger partial charge is 0.303 e. The minimum atomic E-state index is -0.620. The minimum absolute atomic E-state index is 0.0813. The number of carbonyl (C=O) groups is 1. The Morgan fingerprint density at radius 1 is 1.02 bits per heavy atom. The van der Waals surface area contributed by atoms with Crippen molar-refractivity contribution in [3.05, 3.63) is 75.0 Å². The second kappa shape index (κ2) is 11.4. The van der Waals surface area contributed by atoms with E-state index in [4.69, 9.17) is 0 Å². The summed E-state index contributed by atoms with van der Waals surface area (Å²) in [4.78, 5) is 48.7. The van der Waals surface area contributed by atoms with Crippen molar-refractivity contribution in [2.45, 2.75) is 84.2 Å². The molecule has 1 saturated carbocycles. The summed E-state index contributed by atoms with van der Waals surface area (Å²) >= 11 is 0. The van der Waals surface area contributed by atoms with E-state index in [1.54, 1.807) is 10.8 Å². The Hall–Kier alpha value is -3.69. The first-order chi connectivity index (χ1) is 19.1. The van der Waals surface area contributed by atoms with Crippen molar-refractivity contribution in [2.24, 2.45) is 11.8 Å². The second-order valence-electron chi connectivity index (χ2n) is 11.6. The van der Waals surface area contributed by atoms with Gasteiger partial charge in [0.15, 0.2) is 5.78 Å². The van der Waals surface area contributed by atoms with Crippen molar-refractivity contribution in [3.8, 4) is 0 Å². The van der Waals surface area contributed by atoms with Gasteiger partial charge in [-0.15, -0.1) is 0 Å². The summed E-state index contributed by atoms with van der Waals surface area (Å²) in [6.45, 7) is 6.25. The van der Waals surface area contributed by atoms with Crippen LogP contribution in [-0.4, -0.2) is 29.3 Å². The Balaban J connectivity index is 1.36. The van der Waals surface area contributed by atoms with Gasteiger partial charge in [0.2, 0.25) is 0 Å². The van der Waals surface area contributed by atoms with Crippen LogP contribution in [0.5, 0.6) is 0 Å². The van der Waals surface area contributed by atoms with Gasteiger partial charge < -0.3 is 4.40 Å². The van der Waals surface area contributed by atoms with Gasteiger partial charge in [0.05, 0.1) is 11.6 Å². The molecule has 40 heavy (non-hydrogen) atoms. The number of ketones is 1. The predicted molar refractivity (Wildman–Crippen MR) is 149 cm³/mol. The Morgan fingerprint density at radius 2 is 1.77 bits per heavy atom. The molecule has 0 N–H and O–H groups in total. The van der Waals surface area contributed by atoms with Gasteiger partial charge in [-0.3, -0.25) is 18.7 Å². The summed E-state index contributed by atoms with van der Waals surface area (Å²) in [5, 5.41) is 0.107. The van der Waals surface area contributed by atoms with Crippen LogP contribution in [0.25, 0.3) is 16.7 Å². The van der Waals surface area contributed by atoms with Crippen molar-refractivity contribution in [1.82, 2.24) is 23.5 Å². The number of aromatic nitrogens is 5. The number of rotatable bonds is 9. The maximum absolute atomic E-state index is 14.2. The Kier molecular flexibility index (Phi) is 7.96. The molecule has 0 saturated heterocycles. The van der Waals surface area contributed by atoms with Crippen LogP contribution in [0.3, 0.4) is 0 Å². The van der Waals surface area contributed by atoms with E-state index in [1.165, 1.54) is 33.4 Å². The molecule has 5 rings (SSSR count). The first kappa shape index (κ1) is 27.9. The first-order valence-corrected chi connectivity index (χ1v) is 14.1. The number of hydrogen-bond donors (Lipinski definition) is 0. The second-order valence-corrected chi connectivity index (χ2v) is 11.6. The zero-order chi connectivity index (χ0) is 28.6. The molecule has 1 aliphatic carbocycles. The fraction of sp³-hybridized carbons (Fsp3) is 0.500. The summed E-state index contributed by atoms with van der Waals surface area (Å²) in [7, 11) is 0. The van der Waals surface area contributed by atoms with E-state index in [2.05, 4.69) is 23.8 Å². The van der Waals surface area contributed by atoms with Crippen LogP contribution >= 0.6 is 0 Å². The minimum Gasteiger partial charge on any atom is -0.303 e. The van der Waals surface area contributed by atoms with E-state index >= 15 is 0 Å². The van der Waals surface area contributed by atoms with Crippen LogP contribution in [0.2, 0.25) is 0 Å². The molecule has 1 unspecified atom stereocenters. The van der Waals surface area contributed by atoms with Crippen molar-refractivity contribution < 1.29 is 13.6 Å². The fourth-order valence-corrected chi connectivity index (χ4v) is 5.95. The van der Waals surface area contributed by atoms with Gasteiger partial charge in [0.25, 0.3) is 5.56 Å². The SMILES string of the molecule is CC(C)CCCC(C)n1c(=O)n(C2CCC(CC(=O)c3cn4cc(F)ccc4n3)CC2)c(=O)c2cc(F)cnc21. The average molecular weight is 552 g/mol. The molecule has 4 aromatic heterocycles. The Morgan fingerprint density at radius 3 is 2.50 bits per heavy atom. The molecule has 212 valence electrons. The predicted octanol–water partition coefficient (Wildman–Crippen LogP) is 5.88. The maximum atomic E-state index is 14.2. The quantitative estimate of drug-likeness (QED) is 0.243. The third-order valence-electron chi connectivity index (χ3n) is 8.12. The lowest BCUT2D eigenvalue weighted by Gasteiger charge is -2.30. The van der Waals surface area contributed by atoms with Crippen LogP contribution in [0.4, 0.5) is 8.78 Å². The molecule has 10 heteroatoms. The van der Waals surface area contributed by atoms with E-state index in [-0.39, 0.29) is 41.2 Å². The summed E-state index contributed by atoms with van der Waals surface area (Å²) in [6, 6.07) is 3.45. The summed E-state index contributed by atoms with van der Waals surface area (Å²) in [5.74, 6) is -0.522. The van der Waals surface area contributed by atoms with Crippen LogP contribution in [0.15, 0.2) is 46.4 Å². The van der Waals surface area contributed by atoms with Crippen molar-refractivity contribution in [2.75, 3.05) is 0 Å². The topological polar surface area (TPSA) is 91.3 Å².